The van der Waals surface area contributed by atoms with Crippen LogP contribution < -0.4 is 5.73 Å². The number of carbonyl (C=O) groups is 3. The van der Waals surface area contributed by atoms with Gasteiger partial charge in [-0.25, -0.2) is 9.97 Å². The number of allylic oxidation sites excluding steroid dienone is 2. The monoisotopic (exact) mass is 776 g/mol. The van der Waals surface area contributed by atoms with Crippen LogP contribution in [0.25, 0.3) is 11.6 Å². The van der Waals surface area contributed by atoms with Crippen molar-refractivity contribution in [1.82, 2.24) is 24.7 Å². The average molecular weight is 777 g/mol. The van der Waals surface area contributed by atoms with Gasteiger partial charge in [-0.3, -0.25) is 14.4 Å². The van der Waals surface area contributed by atoms with Gasteiger partial charge in [0.05, 0.1) is 22.3 Å². The first-order valence-electron chi connectivity index (χ1n) is 20.5. The number of ketones is 1. The van der Waals surface area contributed by atoms with E-state index < -0.39 is 22.8 Å². The maximum Gasteiger partial charge on any atom is 0.309 e. The van der Waals surface area contributed by atoms with E-state index in [0.717, 1.165) is 62.8 Å². The molecule has 2 heterocycles. The molecular formula is C43H61ClN6O5. The molecule has 0 unspecified atom stereocenters. The quantitative estimate of drug-likeness (QED) is 0.239. The maximum atomic E-state index is 14.4. The first-order chi connectivity index (χ1) is 25.7. The molecule has 12 heteroatoms. The van der Waals surface area contributed by atoms with E-state index in [-0.39, 0.29) is 51.8 Å². The summed E-state index contributed by atoms with van der Waals surface area (Å²) < 4.78 is 8.25. The molecule has 7 rings (SSSR count). The van der Waals surface area contributed by atoms with E-state index in [1.165, 1.54) is 5.57 Å². The Morgan fingerprint density at radius 1 is 0.982 bits per heavy atom. The van der Waals surface area contributed by atoms with Crippen LogP contribution in [0.5, 0.6) is 0 Å². The zero-order valence-electron chi connectivity index (χ0n) is 34.3. The molecule has 0 aliphatic heterocycles. The molecule has 0 amide bonds. The Balaban J connectivity index is 1.24. The fourth-order valence-electron chi connectivity index (χ4n) is 13.3. The van der Waals surface area contributed by atoms with Crippen molar-refractivity contribution in [3.8, 4) is 11.6 Å². The molecule has 4 fully saturated rings. The number of rotatable bonds is 9. The molecule has 55 heavy (non-hydrogen) atoms. The summed E-state index contributed by atoms with van der Waals surface area (Å²) in [5, 5.41) is 19.7. The number of hydrogen-bond donors (Lipinski definition) is 2. The number of aromatic nitrogens is 5. The van der Waals surface area contributed by atoms with Gasteiger partial charge in [0, 0.05) is 37.3 Å². The summed E-state index contributed by atoms with van der Waals surface area (Å²) in [6.45, 7) is 20.5. The van der Waals surface area contributed by atoms with Crippen LogP contribution in [0.3, 0.4) is 0 Å². The number of aliphatic carboxylic acids is 1. The standard InChI is InChI=1S/C43H61ClN6O5/c1-24(2)32-27(51)20-43(36-49-48-35(50(36)19-18-45)34-46-22-25(44)23-47-34)17-16-41(8)26(33(32)43)10-11-29-40(7)14-13-30(55-31(52)21-38(3,4)37(53)54)39(5,6)28(40)12-15-42(29,41)9/h22-24,26,28-30H,10-21,45H2,1-9H3,(H,53,54)/t26-,28+,29-,30+,40+,41-,42-,43-/m1/s1. The number of nitrogens with two attached hydrogens (primary N) is 1. The third kappa shape index (κ3) is 5.86. The van der Waals surface area contributed by atoms with Gasteiger partial charge in [-0.2, -0.15) is 0 Å². The third-order valence-corrected chi connectivity index (χ3v) is 16.4. The van der Waals surface area contributed by atoms with Crippen LogP contribution in [0.1, 0.15) is 132 Å². The van der Waals surface area contributed by atoms with Crippen LogP contribution in [0.15, 0.2) is 23.5 Å². The number of esters is 1. The van der Waals surface area contributed by atoms with E-state index in [4.69, 9.17) is 27.2 Å². The number of hydrogen-bond acceptors (Lipinski definition) is 9. The maximum absolute atomic E-state index is 14.4. The van der Waals surface area contributed by atoms with E-state index in [1.54, 1.807) is 26.2 Å². The van der Waals surface area contributed by atoms with Crippen molar-refractivity contribution in [3.05, 3.63) is 34.4 Å². The molecule has 0 saturated heterocycles. The van der Waals surface area contributed by atoms with E-state index >= 15 is 0 Å². The highest BCUT2D eigenvalue weighted by atomic mass is 35.5. The van der Waals surface area contributed by atoms with Gasteiger partial charge in [-0.15, -0.1) is 10.2 Å². The molecule has 5 aliphatic rings. The predicted molar refractivity (Wildman–Crippen MR) is 210 cm³/mol. The average Bonchev–Trinajstić information content (AvgIpc) is 3.65. The first kappa shape index (κ1) is 40.0. The summed E-state index contributed by atoms with van der Waals surface area (Å²) in [5.41, 5.74) is 6.51. The Morgan fingerprint density at radius 3 is 2.31 bits per heavy atom. The van der Waals surface area contributed by atoms with Gasteiger partial charge >= 0.3 is 11.9 Å². The summed E-state index contributed by atoms with van der Waals surface area (Å²) in [5.74, 6) is 1.69. The topological polar surface area (TPSA) is 163 Å². The van der Waals surface area contributed by atoms with Gasteiger partial charge in [-0.1, -0.05) is 60.1 Å². The van der Waals surface area contributed by atoms with Crippen molar-refractivity contribution in [3.63, 3.8) is 0 Å². The minimum absolute atomic E-state index is 0.0202. The molecule has 4 saturated carbocycles. The highest BCUT2D eigenvalue weighted by Crippen LogP contribution is 2.76. The van der Waals surface area contributed by atoms with Gasteiger partial charge in [0.1, 0.15) is 11.9 Å². The molecule has 0 spiro atoms. The first-order valence-corrected chi connectivity index (χ1v) is 20.9. The summed E-state index contributed by atoms with van der Waals surface area (Å²) in [7, 11) is 0. The lowest BCUT2D eigenvalue weighted by Crippen LogP contribution is -2.66. The second kappa shape index (κ2) is 13.5. The second-order valence-electron chi connectivity index (χ2n) is 20.0. The molecule has 3 N–H and O–H groups in total. The number of halogens is 1. The summed E-state index contributed by atoms with van der Waals surface area (Å²) in [4.78, 5) is 48.3. The van der Waals surface area contributed by atoms with Crippen LogP contribution in [0.4, 0.5) is 0 Å². The molecule has 0 radical (unpaired) electrons. The molecule has 0 aromatic carbocycles. The highest BCUT2D eigenvalue weighted by Gasteiger charge is 2.71. The predicted octanol–water partition coefficient (Wildman–Crippen LogP) is 7.99. The second-order valence-corrected chi connectivity index (χ2v) is 20.4. The Kier molecular flexibility index (Phi) is 9.79. The molecular weight excluding hydrogens is 716 g/mol. The lowest BCUT2D eigenvalue weighted by Gasteiger charge is -2.72. The Hall–Kier alpha value is -3.18. The minimum Gasteiger partial charge on any atom is -0.481 e. The fraction of sp³-hybridized carbons (Fsp3) is 0.744. The largest absolute Gasteiger partial charge is 0.481 e. The van der Waals surface area contributed by atoms with Crippen molar-refractivity contribution in [1.29, 1.82) is 0 Å². The Labute approximate surface area is 331 Å². The van der Waals surface area contributed by atoms with Gasteiger partial charge in [0.15, 0.2) is 11.6 Å². The summed E-state index contributed by atoms with van der Waals surface area (Å²) in [6.07, 6.45) is 10.8. The smallest absolute Gasteiger partial charge is 0.309 e. The van der Waals surface area contributed by atoms with Crippen molar-refractivity contribution in [2.45, 2.75) is 145 Å². The molecule has 8 atom stereocenters. The lowest BCUT2D eigenvalue weighted by atomic mass is 9.33. The Morgan fingerprint density at radius 2 is 1.67 bits per heavy atom. The number of Topliss-reactive ketones (excluding diaryl/α,β-unsaturated/α-hetero) is 1. The molecule has 2 aromatic heterocycles. The summed E-state index contributed by atoms with van der Waals surface area (Å²) >= 11 is 6.15. The SMILES string of the molecule is CC(C)C1=C2[C@H]3CC[C@@H]4[C@@]5(C)CC[C@H](OC(=O)CC(C)(C)C(=O)O)C(C)(C)[C@@H]5CC[C@@]4(C)[C@]3(C)CC[C@@]2(c2nnc(-c3ncc(Cl)cn3)n2CCN)CC1=O. The third-order valence-electron chi connectivity index (χ3n) is 16.2. The zero-order chi connectivity index (χ0) is 40.1. The zero-order valence-corrected chi connectivity index (χ0v) is 35.1. The number of carbonyl (C=O) groups excluding carboxylic acids is 2. The van der Waals surface area contributed by atoms with Crippen molar-refractivity contribution in [2.24, 2.45) is 56.5 Å². The van der Waals surface area contributed by atoms with Crippen LogP contribution >= 0.6 is 11.6 Å². The number of ether oxygens (including phenoxy) is 1. The number of fused-ring (bicyclic) bond motifs is 7. The van der Waals surface area contributed by atoms with E-state index in [0.29, 0.717) is 48.0 Å². The molecule has 5 aliphatic carbocycles. The van der Waals surface area contributed by atoms with Crippen LogP contribution in [0.2, 0.25) is 5.02 Å². The van der Waals surface area contributed by atoms with Crippen molar-refractivity contribution < 1.29 is 24.2 Å². The van der Waals surface area contributed by atoms with Crippen LogP contribution in [-0.4, -0.2) is 60.2 Å². The van der Waals surface area contributed by atoms with Gasteiger partial charge < -0.3 is 20.1 Å². The van der Waals surface area contributed by atoms with Crippen molar-refractivity contribution in [2.75, 3.05) is 6.54 Å². The van der Waals surface area contributed by atoms with Gasteiger partial charge in [0.25, 0.3) is 0 Å². The van der Waals surface area contributed by atoms with Crippen LogP contribution in [-0.2, 0) is 31.1 Å². The number of carboxylic acid groups (broad SMARTS) is 1. The Bertz CT molecular complexity index is 1920. The minimum atomic E-state index is -1.18. The normalized spacial score (nSPS) is 35.5. The fourth-order valence-corrected chi connectivity index (χ4v) is 13.4. The van der Waals surface area contributed by atoms with Gasteiger partial charge in [-0.05, 0) is 116 Å². The lowest BCUT2D eigenvalue weighted by molar-refractivity contribution is -0.232. The number of nitrogens with zero attached hydrogens (tertiary/aromatic N) is 5. The number of carboxylic acids is 1. The molecule has 11 nitrogen and oxygen atoms in total. The van der Waals surface area contributed by atoms with Gasteiger partial charge in [0.2, 0.25) is 5.82 Å². The van der Waals surface area contributed by atoms with E-state index in [9.17, 15) is 19.5 Å². The van der Waals surface area contributed by atoms with Crippen LogP contribution in [0, 0.1) is 50.7 Å². The molecule has 2 aromatic rings. The van der Waals surface area contributed by atoms with E-state index in [2.05, 4.69) is 68.1 Å². The highest BCUT2D eigenvalue weighted by molar-refractivity contribution is 6.30. The summed E-state index contributed by atoms with van der Waals surface area (Å²) in [6, 6.07) is 0. The van der Waals surface area contributed by atoms with E-state index in [1.807, 2.05) is 0 Å². The molecule has 0 bridgehead atoms. The van der Waals surface area contributed by atoms with Crippen molar-refractivity contribution >= 4 is 29.3 Å². The molecule has 300 valence electrons.